The van der Waals surface area contributed by atoms with Crippen molar-refractivity contribution in [3.8, 4) is 40.5 Å². The molecule has 28 heavy (non-hydrogen) atoms. The van der Waals surface area contributed by atoms with Crippen molar-refractivity contribution < 1.29 is 14.2 Å². The van der Waals surface area contributed by atoms with Crippen LogP contribution in [-0.2, 0) is 6.42 Å². The highest BCUT2D eigenvalue weighted by Crippen LogP contribution is 2.44. The summed E-state index contributed by atoms with van der Waals surface area (Å²) in [6.45, 7) is 2.13. The van der Waals surface area contributed by atoms with Gasteiger partial charge in [0.2, 0.25) is 5.75 Å². The van der Waals surface area contributed by atoms with Crippen LogP contribution in [0.25, 0.3) is 11.1 Å². The highest BCUT2D eigenvalue weighted by molar-refractivity contribution is 5.84. The van der Waals surface area contributed by atoms with Gasteiger partial charge < -0.3 is 19.9 Å². The van der Waals surface area contributed by atoms with E-state index in [4.69, 9.17) is 19.9 Å². The molecule has 0 aliphatic heterocycles. The van der Waals surface area contributed by atoms with Crippen LogP contribution in [0.4, 0.5) is 5.69 Å². The number of methoxy groups -OCH3 is 3. The fraction of sp³-hybridized carbons (Fsp3) is 0.364. The van der Waals surface area contributed by atoms with Crippen LogP contribution >= 0.6 is 0 Å². The average Bonchev–Trinajstić information content (AvgIpc) is 2.73. The van der Waals surface area contributed by atoms with Gasteiger partial charge in [-0.2, -0.15) is 10.5 Å². The normalized spacial score (nSPS) is 10.1. The highest BCUT2D eigenvalue weighted by Gasteiger charge is 2.21. The molecule has 0 unspecified atom stereocenters. The third-order valence-electron chi connectivity index (χ3n) is 4.68. The third kappa shape index (κ3) is 3.97. The minimum Gasteiger partial charge on any atom is -0.493 e. The molecular formula is C22H25N3O3. The van der Waals surface area contributed by atoms with Crippen LogP contribution in [0.3, 0.4) is 0 Å². The fourth-order valence-corrected chi connectivity index (χ4v) is 3.28. The van der Waals surface area contributed by atoms with Crippen molar-refractivity contribution in [3.63, 3.8) is 0 Å². The van der Waals surface area contributed by atoms with E-state index in [1.807, 2.05) is 0 Å². The zero-order valence-electron chi connectivity index (χ0n) is 16.8. The first kappa shape index (κ1) is 20.9. The number of unbranched alkanes of at least 4 members (excludes halogenated alkanes) is 2. The van der Waals surface area contributed by atoms with Crippen molar-refractivity contribution in [2.45, 2.75) is 32.6 Å². The van der Waals surface area contributed by atoms with Gasteiger partial charge in [-0.15, -0.1) is 0 Å². The van der Waals surface area contributed by atoms with Crippen LogP contribution in [0.15, 0.2) is 18.2 Å². The maximum absolute atomic E-state index is 9.80. The molecule has 6 heteroatoms. The minimum absolute atomic E-state index is 0.188. The van der Waals surface area contributed by atoms with Crippen molar-refractivity contribution in [3.05, 3.63) is 34.9 Å². The molecule has 0 saturated carbocycles. The van der Waals surface area contributed by atoms with Gasteiger partial charge in [0, 0.05) is 5.56 Å². The molecule has 0 heterocycles. The van der Waals surface area contributed by atoms with Crippen LogP contribution in [0.5, 0.6) is 17.2 Å². The van der Waals surface area contributed by atoms with Crippen molar-refractivity contribution in [1.29, 1.82) is 10.5 Å². The Bertz CT molecular complexity index is 915. The van der Waals surface area contributed by atoms with E-state index in [1.165, 1.54) is 7.11 Å². The lowest BCUT2D eigenvalue weighted by Gasteiger charge is -2.18. The summed E-state index contributed by atoms with van der Waals surface area (Å²) in [7, 11) is 4.62. The summed E-state index contributed by atoms with van der Waals surface area (Å²) in [4.78, 5) is 0. The Morgan fingerprint density at radius 2 is 1.57 bits per heavy atom. The molecule has 0 radical (unpaired) electrons. The molecule has 0 spiro atoms. The number of benzene rings is 2. The summed E-state index contributed by atoms with van der Waals surface area (Å²) in [5.41, 5.74) is 9.27. The SMILES string of the molecule is CCCCCc1cc(C#N)c(N)c(C#N)c1-c1cc(OC)c(OC)c(OC)c1. The van der Waals surface area contributed by atoms with Gasteiger partial charge in [0.15, 0.2) is 11.5 Å². The second-order valence-corrected chi connectivity index (χ2v) is 6.34. The fourth-order valence-electron chi connectivity index (χ4n) is 3.28. The Morgan fingerprint density at radius 3 is 2.04 bits per heavy atom. The first-order valence-electron chi connectivity index (χ1n) is 9.12. The Morgan fingerprint density at radius 1 is 0.929 bits per heavy atom. The Balaban J connectivity index is 2.81. The Kier molecular flexibility index (Phi) is 7.12. The number of aryl methyl sites for hydroxylation is 1. The van der Waals surface area contributed by atoms with Crippen molar-refractivity contribution >= 4 is 5.69 Å². The molecule has 2 aromatic rings. The highest BCUT2D eigenvalue weighted by atomic mass is 16.5. The summed E-state index contributed by atoms with van der Waals surface area (Å²) < 4.78 is 16.3. The molecule has 0 amide bonds. The summed E-state index contributed by atoms with van der Waals surface area (Å²) in [6.07, 6.45) is 3.82. The molecule has 0 saturated heterocycles. The molecular weight excluding hydrogens is 354 g/mol. The second kappa shape index (κ2) is 9.53. The molecule has 0 aliphatic rings. The Labute approximate surface area is 166 Å². The number of hydrogen-bond donors (Lipinski definition) is 1. The number of nitrogens with two attached hydrogens (primary N) is 1. The van der Waals surface area contributed by atoms with Gasteiger partial charge in [-0.05, 0) is 42.2 Å². The molecule has 6 nitrogen and oxygen atoms in total. The number of nitrogens with zero attached hydrogens (tertiary/aromatic N) is 2. The molecule has 2 aromatic carbocycles. The molecule has 0 atom stereocenters. The van der Waals surface area contributed by atoms with E-state index in [2.05, 4.69) is 19.1 Å². The van der Waals surface area contributed by atoms with E-state index in [1.54, 1.807) is 32.4 Å². The maximum Gasteiger partial charge on any atom is 0.203 e. The number of nitrogen functional groups attached to an aromatic ring is 1. The molecule has 0 fully saturated rings. The number of ether oxygens (including phenoxy) is 3. The lowest BCUT2D eigenvalue weighted by molar-refractivity contribution is 0.324. The van der Waals surface area contributed by atoms with E-state index >= 15 is 0 Å². The van der Waals surface area contributed by atoms with Crippen LogP contribution in [-0.4, -0.2) is 21.3 Å². The van der Waals surface area contributed by atoms with Gasteiger partial charge in [-0.1, -0.05) is 19.8 Å². The largest absolute Gasteiger partial charge is 0.493 e. The van der Waals surface area contributed by atoms with Crippen molar-refractivity contribution in [2.24, 2.45) is 0 Å². The van der Waals surface area contributed by atoms with Gasteiger partial charge in [0.1, 0.15) is 12.1 Å². The number of rotatable bonds is 8. The average molecular weight is 379 g/mol. The zero-order valence-corrected chi connectivity index (χ0v) is 16.8. The van der Waals surface area contributed by atoms with Crippen LogP contribution in [0.2, 0.25) is 0 Å². The second-order valence-electron chi connectivity index (χ2n) is 6.34. The summed E-state index contributed by atoms with van der Waals surface area (Å²) in [6, 6.07) is 9.66. The van der Waals surface area contributed by atoms with Gasteiger partial charge in [0.05, 0.1) is 38.1 Å². The molecule has 2 N–H and O–H groups in total. The van der Waals surface area contributed by atoms with Gasteiger partial charge >= 0.3 is 0 Å². The lowest BCUT2D eigenvalue weighted by atomic mass is 9.88. The maximum atomic E-state index is 9.80. The number of anilines is 1. The van der Waals surface area contributed by atoms with Gasteiger partial charge in [-0.3, -0.25) is 0 Å². The standard InChI is InChI=1S/C22H25N3O3/c1-5-6-7-8-14-9-16(12-23)21(25)17(13-24)20(14)15-10-18(26-2)22(28-4)19(11-15)27-3/h9-11H,5-8,25H2,1-4H3. The molecule has 146 valence electrons. The number of hydrogen-bond acceptors (Lipinski definition) is 6. The first-order valence-corrected chi connectivity index (χ1v) is 9.12. The minimum atomic E-state index is 0.188. The van der Waals surface area contributed by atoms with Crippen LogP contribution < -0.4 is 19.9 Å². The van der Waals surface area contributed by atoms with E-state index < -0.39 is 0 Å². The topological polar surface area (TPSA) is 101 Å². The van der Waals surface area contributed by atoms with Crippen molar-refractivity contribution in [1.82, 2.24) is 0 Å². The van der Waals surface area contributed by atoms with Crippen molar-refractivity contribution in [2.75, 3.05) is 27.1 Å². The predicted molar refractivity (Wildman–Crippen MR) is 109 cm³/mol. The summed E-state index contributed by atoms with van der Waals surface area (Å²) in [5, 5.41) is 19.2. The van der Waals surface area contributed by atoms with Gasteiger partial charge in [-0.25, -0.2) is 0 Å². The van der Waals surface area contributed by atoms with E-state index in [-0.39, 0.29) is 5.69 Å². The zero-order chi connectivity index (χ0) is 20.7. The smallest absolute Gasteiger partial charge is 0.203 e. The monoisotopic (exact) mass is 379 g/mol. The lowest BCUT2D eigenvalue weighted by Crippen LogP contribution is -2.04. The molecule has 0 aromatic heterocycles. The first-order chi connectivity index (χ1) is 13.6. The molecule has 0 bridgehead atoms. The van der Waals surface area contributed by atoms with E-state index in [0.29, 0.717) is 33.9 Å². The molecule has 2 rings (SSSR count). The van der Waals surface area contributed by atoms with E-state index in [0.717, 1.165) is 36.8 Å². The third-order valence-corrected chi connectivity index (χ3v) is 4.68. The quantitative estimate of drug-likeness (QED) is 0.537. The number of nitriles is 2. The predicted octanol–water partition coefficient (Wildman–Crippen LogP) is 4.44. The van der Waals surface area contributed by atoms with Gasteiger partial charge in [0.25, 0.3) is 0 Å². The summed E-state index contributed by atoms with van der Waals surface area (Å²) >= 11 is 0. The van der Waals surface area contributed by atoms with Crippen LogP contribution in [0.1, 0.15) is 42.9 Å². The summed E-state index contributed by atoms with van der Waals surface area (Å²) in [5.74, 6) is 1.45. The van der Waals surface area contributed by atoms with E-state index in [9.17, 15) is 10.5 Å². The Hall–Kier alpha value is -3.38. The molecule has 0 aliphatic carbocycles. The van der Waals surface area contributed by atoms with Crippen LogP contribution in [0, 0.1) is 22.7 Å².